The first-order valence-corrected chi connectivity index (χ1v) is 17.3. The van der Waals surface area contributed by atoms with Crippen LogP contribution in [0, 0.1) is 5.41 Å². The summed E-state index contributed by atoms with van der Waals surface area (Å²) in [5, 5.41) is 18.1. The summed E-state index contributed by atoms with van der Waals surface area (Å²) in [7, 11) is 0.913. The van der Waals surface area contributed by atoms with E-state index < -0.39 is 100 Å². The number of carbonyl (C=O) groups is 4. The summed E-state index contributed by atoms with van der Waals surface area (Å²) in [6.45, 7) is 4.83. The van der Waals surface area contributed by atoms with Gasteiger partial charge < -0.3 is 24.4 Å². The predicted molar refractivity (Wildman–Crippen MR) is 183 cm³/mol. The van der Waals surface area contributed by atoms with Gasteiger partial charge in [0.25, 0.3) is 0 Å². The maximum absolute atomic E-state index is 14.1. The molecule has 5 atom stereocenters. The number of rotatable bonds is 9. The highest BCUT2D eigenvalue weighted by atomic mass is 19.4. The third-order valence-corrected chi connectivity index (χ3v) is 9.73. The number of piperidine rings is 1. The number of benzene rings is 3. The number of hydrogen-bond acceptors (Lipinski definition) is 8. The molecule has 2 bridgehead atoms. The van der Waals surface area contributed by atoms with E-state index in [-0.39, 0.29) is 25.5 Å². The first-order chi connectivity index (χ1) is 26.7. The molecule has 2 heterocycles. The molecule has 316 valence electrons. The Balaban J connectivity index is 0.000000973. The monoisotopic (exact) mass is 835 g/mol. The lowest BCUT2D eigenvalue weighted by atomic mass is 9.74. The molecule has 2 aliphatic heterocycles. The van der Waals surface area contributed by atoms with E-state index in [2.05, 4.69) is 0 Å². The Morgan fingerprint density at radius 2 is 1.29 bits per heavy atom. The molecular formula is C39H38F9NO9. The molecule has 0 unspecified atom stereocenters. The molecule has 5 rings (SSSR count). The summed E-state index contributed by atoms with van der Waals surface area (Å²) in [6, 6.07) is 17.0. The molecule has 2 fully saturated rings. The van der Waals surface area contributed by atoms with Gasteiger partial charge in [0.05, 0.1) is 29.9 Å². The van der Waals surface area contributed by atoms with Crippen LogP contribution in [0.15, 0.2) is 78.9 Å². The first kappa shape index (κ1) is 45.5. The van der Waals surface area contributed by atoms with Crippen molar-refractivity contribution >= 4 is 23.9 Å². The summed E-state index contributed by atoms with van der Waals surface area (Å²) in [5.41, 5.74) is -7.78. The predicted octanol–water partition coefficient (Wildman–Crippen LogP) is 8.33. The summed E-state index contributed by atoms with van der Waals surface area (Å²) in [4.78, 5) is 51.6. The number of carboxylic acids is 2. The van der Waals surface area contributed by atoms with Crippen LogP contribution < -0.4 is 0 Å². The van der Waals surface area contributed by atoms with Gasteiger partial charge in [0.1, 0.15) is 5.60 Å². The maximum Gasteiger partial charge on any atom is 0.490 e. The highest BCUT2D eigenvalue weighted by molar-refractivity contribution is 6.01. The van der Waals surface area contributed by atoms with Crippen LogP contribution in [0.1, 0.15) is 74.0 Å². The quantitative estimate of drug-likeness (QED) is 0.123. The zero-order valence-electron chi connectivity index (χ0n) is 31.2. The Morgan fingerprint density at radius 1 is 0.793 bits per heavy atom. The lowest BCUT2D eigenvalue weighted by Gasteiger charge is -2.50. The molecule has 3 aromatic carbocycles. The van der Waals surface area contributed by atoms with Crippen molar-refractivity contribution in [2.24, 2.45) is 5.41 Å². The lowest BCUT2D eigenvalue weighted by molar-refractivity contribution is -0.192. The second-order valence-electron chi connectivity index (χ2n) is 14.6. The Hall–Kier alpha value is -5.17. The van der Waals surface area contributed by atoms with E-state index in [9.17, 15) is 59.0 Å². The number of carbonyl (C=O) groups excluding carboxylic acids is 2. The zero-order chi connectivity index (χ0) is 43.6. The fraction of sp³-hybridized carbons (Fsp3) is 0.436. The normalized spacial score (nSPS) is 22.9. The molecule has 0 aliphatic carbocycles. The zero-order valence-corrected chi connectivity index (χ0v) is 31.2. The number of esters is 2. The van der Waals surface area contributed by atoms with Gasteiger partial charge >= 0.3 is 42.4 Å². The van der Waals surface area contributed by atoms with Gasteiger partial charge in [-0.25, -0.2) is 9.59 Å². The number of ether oxygens (including phenoxy) is 3. The van der Waals surface area contributed by atoms with E-state index >= 15 is 0 Å². The molecule has 58 heavy (non-hydrogen) atoms. The number of hydrogen-bond donors (Lipinski definition) is 2. The minimum atomic E-state index is -5.22. The molecule has 2 aliphatic rings. The van der Waals surface area contributed by atoms with E-state index in [1.54, 1.807) is 86.3 Å². The van der Waals surface area contributed by atoms with Gasteiger partial charge in [0.15, 0.2) is 11.5 Å². The number of alkyl halides is 9. The molecule has 0 saturated carbocycles. The molecule has 19 heteroatoms. The highest BCUT2D eigenvalue weighted by Crippen LogP contribution is 2.61. The van der Waals surface area contributed by atoms with Gasteiger partial charge in [-0.05, 0) is 68.5 Å². The van der Waals surface area contributed by atoms with Gasteiger partial charge in [-0.15, -0.1) is 0 Å². The minimum absolute atomic E-state index is 0.0259. The van der Waals surface area contributed by atoms with Crippen molar-refractivity contribution in [2.45, 2.75) is 94.5 Å². The van der Waals surface area contributed by atoms with Crippen molar-refractivity contribution in [1.82, 2.24) is 4.90 Å². The summed E-state index contributed by atoms with van der Waals surface area (Å²) in [5.74, 6) is -6.53. The van der Waals surface area contributed by atoms with Gasteiger partial charge in [-0.3, -0.25) is 14.5 Å². The van der Waals surface area contributed by atoms with Crippen molar-refractivity contribution in [1.29, 1.82) is 0 Å². The topological polar surface area (TPSA) is 140 Å². The maximum atomic E-state index is 14.1. The van der Waals surface area contributed by atoms with Crippen LogP contribution in [0.4, 0.5) is 39.5 Å². The smallest absolute Gasteiger partial charge is 0.480 e. The molecule has 0 radical (unpaired) electrons. The number of halogens is 9. The number of carboxylic acid groups (broad SMARTS) is 2. The van der Waals surface area contributed by atoms with E-state index in [0.717, 1.165) is 7.11 Å². The first-order valence-electron chi connectivity index (χ1n) is 17.3. The number of methoxy groups -OCH3 is 1. The molecule has 3 aromatic rings. The van der Waals surface area contributed by atoms with Crippen molar-refractivity contribution in [3.63, 3.8) is 0 Å². The third-order valence-electron chi connectivity index (χ3n) is 9.73. The second kappa shape index (κ2) is 16.6. The Labute approximate surface area is 325 Å². The third kappa shape index (κ3) is 9.57. The fourth-order valence-electron chi connectivity index (χ4n) is 7.38. The molecule has 2 N–H and O–H groups in total. The van der Waals surface area contributed by atoms with Crippen molar-refractivity contribution in [2.75, 3.05) is 7.11 Å². The molecular weight excluding hydrogens is 797 g/mol. The Bertz CT molecular complexity index is 1930. The molecule has 10 nitrogen and oxygen atoms in total. The minimum Gasteiger partial charge on any atom is -0.480 e. The van der Waals surface area contributed by atoms with Crippen LogP contribution in [0.3, 0.4) is 0 Å². The average Bonchev–Trinajstić information content (AvgIpc) is 3.32. The van der Waals surface area contributed by atoms with Crippen molar-refractivity contribution < 1.29 is 83.1 Å². The molecule has 0 amide bonds. The summed E-state index contributed by atoms with van der Waals surface area (Å²) in [6.07, 6.45) is -19.4. The van der Waals surface area contributed by atoms with Crippen LogP contribution in [0.25, 0.3) is 0 Å². The van der Waals surface area contributed by atoms with Crippen LogP contribution in [-0.4, -0.2) is 70.0 Å². The SMILES string of the molecule is COC(=O)[C@@H](O[C@@H]1CC[C@@H]2N(Cc3ccccc3)[C@@]1(c1ccccc1)C[C@@]2(C(=O)O)C(=O)OC(C)(C)C)c1cc(C(F)(F)F)cc(C(F)(F)F)c1.O=C(O)C(F)(F)F. The van der Waals surface area contributed by atoms with Crippen LogP contribution in [0.2, 0.25) is 0 Å². The average molecular weight is 836 g/mol. The van der Waals surface area contributed by atoms with Crippen LogP contribution in [0.5, 0.6) is 0 Å². The second-order valence-corrected chi connectivity index (χ2v) is 14.6. The van der Waals surface area contributed by atoms with Crippen LogP contribution in [-0.2, 0) is 57.8 Å². The Morgan fingerprint density at radius 3 is 1.72 bits per heavy atom. The molecule has 0 aromatic heterocycles. The highest BCUT2D eigenvalue weighted by Gasteiger charge is 2.72. The fourth-order valence-corrected chi connectivity index (χ4v) is 7.38. The van der Waals surface area contributed by atoms with Gasteiger partial charge in [-0.2, -0.15) is 39.5 Å². The van der Waals surface area contributed by atoms with E-state index in [1.807, 2.05) is 0 Å². The summed E-state index contributed by atoms with van der Waals surface area (Å²) < 4.78 is 132. The van der Waals surface area contributed by atoms with E-state index in [0.29, 0.717) is 23.3 Å². The van der Waals surface area contributed by atoms with E-state index in [1.165, 1.54) is 0 Å². The standard InChI is InChI=1S/C37H37F6NO7.C2HF3O2/c1-33(2,3)51-32(48)34(31(46)47)21-35(24-13-9-6-10-14-24)28(16-15-27(34)44(35)20-22-11-7-5-8-12-22)50-29(30(45)49-4)23-17-25(36(38,39)40)19-26(18-23)37(41,42)43;3-2(4,5)1(6)7/h5-14,17-19,27-29H,15-16,20-21H2,1-4H3,(H,46,47);(H,6,7)/t27-,28+,29-,34+,35+;/m0./s1. The van der Waals surface area contributed by atoms with Crippen molar-refractivity contribution in [3.05, 3.63) is 107 Å². The Kier molecular flexibility index (Phi) is 13.0. The van der Waals surface area contributed by atoms with Crippen molar-refractivity contribution in [3.8, 4) is 0 Å². The lowest BCUT2D eigenvalue weighted by Crippen LogP contribution is -2.58. The number of aliphatic carboxylic acids is 2. The molecule has 0 spiro atoms. The van der Waals surface area contributed by atoms with E-state index in [4.69, 9.17) is 24.1 Å². The summed E-state index contributed by atoms with van der Waals surface area (Å²) >= 11 is 0. The molecule has 2 saturated heterocycles. The van der Waals surface area contributed by atoms with Crippen LogP contribution >= 0.6 is 0 Å². The number of nitrogens with zero attached hydrogens (tertiary/aromatic N) is 1. The largest absolute Gasteiger partial charge is 0.490 e. The van der Waals surface area contributed by atoms with Gasteiger partial charge in [0, 0.05) is 19.0 Å². The van der Waals surface area contributed by atoms with Gasteiger partial charge in [-0.1, -0.05) is 60.7 Å². The van der Waals surface area contributed by atoms with Gasteiger partial charge in [0.2, 0.25) is 0 Å². The number of fused-ring (bicyclic) bond motifs is 2.